The highest BCUT2D eigenvalue weighted by Gasteiger charge is 2.09. The largest absolute Gasteiger partial charge is 0.348 e. The van der Waals surface area contributed by atoms with Gasteiger partial charge < -0.3 is 10.6 Å². The fourth-order valence-electron chi connectivity index (χ4n) is 1.28. The summed E-state index contributed by atoms with van der Waals surface area (Å²) in [6.07, 6.45) is 1.05. The highest BCUT2D eigenvalue weighted by Crippen LogP contribution is 2.17. The van der Waals surface area contributed by atoms with Crippen molar-refractivity contribution in [2.24, 2.45) is 0 Å². The standard InChI is InChI=1S/C11H18N2OS/c1-3-6-12-8-11(14)13-9(2)10-5-4-7-15-10/h4-5,7,9,12H,3,6,8H2,1-2H3,(H,13,14). The van der Waals surface area contributed by atoms with Gasteiger partial charge in [0.15, 0.2) is 0 Å². The highest BCUT2D eigenvalue weighted by atomic mass is 32.1. The molecule has 3 nitrogen and oxygen atoms in total. The van der Waals surface area contributed by atoms with Gasteiger partial charge in [0, 0.05) is 4.88 Å². The Morgan fingerprint density at radius 2 is 2.40 bits per heavy atom. The number of rotatable bonds is 6. The van der Waals surface area contributed by atoms with Gasteiger partial charge in [0.25, 0.3) is 0 Å². The molecular weight excluding hydrogens is 208 g/mol. The Hall–Kier alpha value is -0.870. The summed E-state index contributed by atoms with van der Waals surface area (Å²) in [4.78, 5) is 12.6. The van der Waals surface area contributed by atoms with Gasteiger partial charge in [-0.15, -0.1) is 11.3 Å². The summed E-state index contributed by atoms with van der Waals surface area (Å²) in [5.74, 6) is 0.0596. The third kappa shape index (κ3) is 4.44. The molecule has 4 heteroatoms. The highest BCUT2D eigenvalue weighted by molar-refractivity contribution is 7.10. The molecule has 1 aromatic heterocycles. The lowest BCUT2D eigenvalue weighted by Crippen LogP contribution is -2.35. The van der Waals surface area contributed by atoms with E-state index in [1.165, 1.54) is 4.88 Å². The van der Waals surface area contributed by atoms with Crippen LogP contribution in [0.15, 0.2) is 17.5 Å². The first-order chi connectivity index (χ1) is 7.24. The summed E-state index contributed by atoms with van der Waals surface area (Å²) in [5, 5.41) is 8.05. The number of nitrogens with one attached hydrogen (secondary N) is 2. The van der Waals surface area contributed by atoms with Crippen LogP contribution in [0, 0.1) is 0 Å². The van der Waals surface area contributed by atoms with Gasteiger partial charge in [0.05, 0.1) is 12.6 Å². The Balaban J connectivity index is 2.26. The molecule has 0 aliphatic heterocycles. The van der Waals surface area contributed by atoms with Gasteiger partial charge in [-0.1, -0.05) is 13.0 Å². The summed E-state index contributed by atoms with van der Waals surface area (Å²) in [5.41, 5.74) is 0. The molecule has 0 aliphatic rings. The van der Waals surface area contributed by atoms with E-state index >= 15 is 0 Å². The maximum absolute atomic E-state index is 11.5. The van der Waals surface area contributed by atoms with Crippen LogP contribution in [0.3, 0.4) is 0 Å². The van der Waals surface area contributed by atoms with E-state index in [-0.39, 0.29) is 11.9 Å². The first kappa shape index (κ1) is 12.2. The Bertz CT molecular complexity index is 285. The monoisotopic (exact) mass is 226 g/mol. The zero-order valence-electron chi connectivity index (χ0n) is 9.25. The van der Waals surface area contributed by atoms with Crippen LogP contribution in [-0.2, 0) is 4.79 Å². The molecule has 0 aromatic carbocycles. The van der Waals surface area contributed by atoms with E-state index in [0.717, 1.165) is 13.0 Å². The van der Waals surface area contributed by atoms with Gasteiger partial charge in [-0.05, 0) is 31.3 Å². The Kier molecular flexibility index (Phi) is 5.36. The van der Waals surface area contributed by atoms with Crippen molar-refractivity contribution in [2.75, 3.05) is 13.1 Å². The van der Waals surface area contributed by atoms with Crippen LogP contribution in [-0.4, -0.2) is 19.0 Å². The van der Waals surface area contributed by atoms with Crippen molar-refractivity contribution < 1.29 is 4.79 Å². The number of amides is 1. The number of carbonyl (C=O) groups is 1. The van der Waals surface area contributed by atoms with Crippen LogP contribution in [0.1, 0.15) is 31.2 Å². The van der Waals surface area contributed by atoms with Crippen LogP contribution in [0.4, 0.5) is 0 Å². The zero-order valence-corrected chi connectivity index (χ0v) is 10.1. The molecule has 0 spiro atoms. The van der Waals surface area contributed by atoms with Crippen LogP contribution >= 0.6 is 11.3 Å². The SMILES string of the molecule is CCCNCC(=O)NC(C)c1cccs1. The lowest BCUT2D eigenvalue weighted by Gasteiger charge is -2.12. The third-order valence-electron chi connectivity index (χ3n) is 2.06. The molecule has 0 aliphatic carbocycles. The maximum Gasteiger partial charge on any atom is 0.234 e. The smallest absolute Gasteiger partial charge is 0.234 e. The lowest BCUT2D eigenvalue weighted by atomic mass is 10.3. The van der Waals surface area contributed by atoms with Crippen molar-refractivity contribution in [3.63, 3.8) is 0 Å². The molecule has 1 rings (SSSR count). The van der Waals surface area contributed by atoms with Crippen molar-refractivity contribution in [3.8, 4) is 0 Å². The minimum absolute atomic E-state index is 0.0596. The van der Waals surface area contributed by atoms with E-state index in [9.17, 15) is 4.79 Å². The molecule has 1 aromatic rings. The first-order valence-electron chi connectivity index (χ1n) is 5.27. The molecular formula is C11H18N2OS. The van der Waals surface area contributed by atoms with E-state index in [1.54, 1.807) is 11.3 Å². The van der Waals surface area contributed by atoms with E-state index in [1.807, 2.05) is 24.4 Å². The minimum atomic E-state index is 0.0596. The molecule has 1 atom stereocenters. The van der Waals surface area contributed by atoms with E-state index < -0.39 is 0 Å². The quantitative estimate of drug-likeness (QED) is 0.728. The fraction of sp³-hybridized carbons (Fsp3) is 0.545. The number of hydrogen-bond acceptors (Lipinski definition) is 3. The van der Waals surface area contributed by atoms with Crippen molar-refractivity contribution in [3.05, 3.63) is 22.4 Å². The zero-order chi connectivity index (χ0) is 11.1. The Morgan fingerprint density at radius 3 is 3.00 bits per heavy atom. The summed E-state index contributed by atoms with van der Waals surface area (Å²) in [7, 11) is 0. The predicted molar refractivity (Wildman–Crippen MR) is 64.0 cm³/mol. The first-order valence-corrected chi connectivity index (χ1v) is 6.15. The van der Waals surface area contributed by atoms with Gasteiger partial charge in [0.1, 0.15) is 0 Å². The van der Waals surface area contributed by atoms with E-state index in [4.69, 9.17) is 0 Å². The second-order valence-corrected chi connectivity index (χ2v) is 4.46. The van der Waals surface area contributed by atoms with Crippen LogP contribution in [0.5, 0.6) is 0 Å². The average Bonchev–Trinajstić information content (AvgIpc) is 2.70. The molecule has 0 saturated heterocycles. The summed E-state index contributed by atoms with van der Waals surface area (Å²) >= 11 is 1.67. The minimum Gasteiger partial charge on any atom is -0.348 e. The predicted octanol–water partition coefficient (Wildman–Crippen LogP) is 1.92. The second kappa shape index (κ2) is 6.58. The molecule has 15 heavy (non-hydrogen) atoms. The summed E-state index contributed by atoms with van der Waals surface area (Å²) < 4.78 is 0. The van der Waals surface area contributed by atoms with Crippen LogP contribution in [0.25, 0.3) is 0 Å². The normalized spacial score (nSPS) is 12.4. The van der Waals surface area contributed by atoms with Gasteiger partial charge in [-0.25, -0.2) is 0 Å². The van der Waals surface area contributed by atoms with Crippen molar-refractivity contribution >= 4 is 17.2 Å². The van der Waals surface area contributed by atoms with Gasteiger partial charge >= 0.3 is 0 Å². The van der Waals surface area contributed by atoms with Crippen molar-refractivity contribution in [1.82, 2.24) is 10.6 Å². The molecule has 1 amide bonds. The Morgan fingerprint density at radius 1 is 1.60 bits per heavy atom. The summed E-state index contributed by atoms with van der Waals surface area (Å²) in [6.45, 7) is 5.38. The van der Waals surface area contributed by atoms with E-state index in [2.05, 4.69) is 17.6 Å². The molecule has 84 valence electrons. The van der Waals surface area contributed by atoms with Gasteiger partial charge in [0.2, 0.25) is 5.91 Å². The number of hydrogen-bond donors (Lipinski definition) is 2. The second-order valence-electron chi connectivity index (χ2n) is 3.48. The molecule has 0 fully saturated rings. The maximum atomic E-state index is 11.5. The van der Waals surface area contributed by atoms with Crippen LogP contribution in [0.2, 0.25) is 0 Å². The summed E-state index contributed by atoms with van der Waals surface area (Å²) in [6, 6.07) is 4.15. The third-order valence-corrected chi connectivity index (χ3v) is 3.11. The average molecular weight is 226 g/mol. The Labute approximate surface area is 94.9 Å². The van der Waals surface area contributed by atoms with Crippen molar-refractivity contribution in [2.45, 2.75) is 26.3 Å². The van der Waals surface area contributed by atoms with Gasteiger partial charge in [-0.3, -0.25) is 4.79 Å². The van der Waals surface area contributed by atoms with Crippen molar-refractivity contribution in [1.29, 1.82) is 0 Å². The molecule has 1 unspecified atom stereocenters. The molecule has 0 radical (unpaired) electrons. The number of thiophene rings is 1. The van der Waals surface area contributed by atoms with E-state index in [0.29, 0.717) is 6.54 Å². The van der Waals surface area contributed by atoms with Crippen LogP contribution < -0.4 is 10.6 Å². The van der Waals surface area contributed by atoms with Gasteiger partial charge in [-0.2, -0.15) is 0 Å². The number of carbonyl (C=O) groups excluding carboxylic acids is 1. The molecule has 0 saturated carbocycles. The molecule has 1 heterocycles. The topological polar surface area (TPSA) is 41.1 Å². The lowest BCUT2D eigenvalue weighted by molar-refractivity contribution is -0.120. The molecule has 2 N–H and O–H groups in total. The fourth-order valence-corrected chi connectivity index (χ4v) is 2.01. The molecule has 0 bridgehead atoms.